The normalized spacial score (nSPS) is 34.1. The van der Waals surface area contributed by atoms with Gasteiger partial charge in [0.05, 0.1) is 5.54 Å². The number of nitrogens with zero attached hydrogens (tertiary/aromatic N) is 1. The number of carbonyl (C=O) groups excluding carboxylic acids is 1. The quantitative estimate of drug-likeness (QED) is 0.702. The van der Waals surface area contributed by atoms with Crippen molar-refractivity contribution in [3.05, 3.63) is 71.8 Å². The van der Waals surface area contributed by atoms with E-state index < -0.39 is 0 Å². The molecule has 29 heavy (non-hydrogen) atoms. The highest BCUT2D eigenvalue weighted by molar-refractivity contribution is 6.35. The first-order chi connectivity index (χ1) is 14.3. The summed E-state index contributed by atoms with van der Waals surface area (Å²) < 4.78 is 0. The lowest BCUT2D eigenvalue weighted by Gasteiger charge is -2.50. The largest absolute Gasteiger partial charge is 0.292 e. The van der Waals surface area contributed by atoms with E-state index in [1.807, 2.05) is 0 Å². The van der Waals surface area contributed by atoms with Gasteiger partial charge in [0.15, 0.2) is 5.78 Å². The number of likely N-dealkylation sites (tertiary alicyclic amines) is 1. The Bertz CT molecular complexity index is 953. The molecule has 0 radical (unpaired) electrons. The lowest BCUT2D eigenvalue weighted by atomic mass is 9.64. The molecule has 1 saturated heterocycles. The molecule has 1 aliphatic heterocycles. The fourth-order valence-corrected chi connectivity index (χ4v) is 7.23. The van der Waals surface area contributed by atoms with Crippen LogP contribution >= 0.6 is 0 Å². The predicted molar refractivity (Wildman–Crippen MR) is 117 cm³/mol. The molecule has 0 spiro atoms. The molecule has 4 atom stereocenters. The third-order valence-corrected chi connectivity index (χ3v) is 8.25. The van der Waals surface area contributed by atoms with Crippen LogP contribution in [-0.2, 0) is 4.79 Å². The summed E-state index contributed by atoms with van der Waals surface area (Å²) in [4.78, 5) is 17.2. The van der Waals surface area contributed by atoms with Crippen molar-refractivity contribution in [1.82, 2.24) is 4.90 Å². The number of rotatable bonds is 3. The molecule has 2 aromatic rings. The van der Waals surface area contributed by atoms with Crippen LogP contribution in [0.3, 0.4) is 0 Å². The zero-order valence-electron chi connectivity index (χ0n) is 17.0. The van der Waals surface area contributed by atoms with Gasteiger partial charge < -0.3 is 0 Å². The second-order valence-electron chi connectivity index (χ2n) is 9.53. The maximum atomic E-state index is 14.5. The minimum atomic E-state index is -0.292. The number of Topliss-reactive ketones (excluding diaryl/α,β-unsaturated/α-hetero) is 1. The molecule has 0 amide bonds. The van der Waals surface area contributed by atoms with Crippen molar-refractivity contribution in [2.75, 3.05) is 13.1 Å². The van der Waals surface area contributed by atoms with Crippen LogP contribution in [0.5, 0.6) is 0 Å². The molecular weight excluding hydrogens is 354 g/mol. The Balaban J connectivity index is 1.61. The first-order valence-corrected chi connectivity index (χ1v) is 11.4. The number of benzene rings is 2. The van der Waals surface area contributed by atoms with Crippen LogP contribution in [0.1, 0.15) is 49.7 Å². The van der Waals surface area contributed by atoms with Gasteiger partial charge in [0.25, 0.3) is 0 Å². The molecule has 2 heteroatoms. The molecule has 2 aromatic carbocycles. The molecule has 3 unspecified atom stereocenters. The van der Waals surface area contributed by atoms with Crippen LogP contribution in [0.2, 0.25) is 0 Å². The first-order valence-electron chi connectivity index (χ1n) is 11.4. The van der Waals surface area contributed by atoms with E-state index in [0.29, 0.717) is 17.6 Å². The molecule has 3 fully saturated rings. The molecule has 2 saturated carbocycles. The highest BCUT2D eigenvalue weighted by atomic mass is 16.1. The Hall–Kier alpha value is -2.19. The smallest absolute Gasteiger partial charge is 0.184 e. The second kappa shape index (κ2) is 6.67. The highest BCUT2D eigenvalue weighted by Crippen LogP contribution is 2.63. The summed E-state index contributed by atoms with van der Waals surface area (Å²) in [5, 5.41) is 0. The molecule has 0 aromatic heterocycles. The third-order valence-electron chi connectivity index (χ3n) is 8.25. The van der Waals surface area contributed by atoms with Crippen LogP contribution < -0.4 is 0 Å². The van der Waals surface area contributed by atoms with Gasteiger partial charge in [-0.15, -0.1) is 0 Å². The lowest BCUT2D eigenvalue weighted by Crippen LogP contribution is -2.61. The number of ketones is 1. The Morgan fingerprint density at radius 3 is 2.14 bits per heavy atom. The zero-order chi connectivity index (χ0) is 19.4. The maximum absolute atomic E-state index is 14.5. The summed E-state index contributed by atoms with van der Waals surface area (Å²) in [5.74, 6) is 2.09. The van der Waals surface area contributed by atoms with Gasteiger partial charge in [-0.05, 0) is 73.7 Å². The molecular formula is C27H29NO. The first kappa shape index (κ1) is 17.7. The summed E-state index contributed by atoms with van der Waals surface area (Å²) in [7, 11) is 0. The number of hydrogen-bond acceptors (Lipinski definition) is 2. The Labute approximate surface area is 173 Å². The van der Waals surface area contributed by atoms with Crippen LogP contribution in [0.4, 0.5) is 0 Å². The summed E-state index contributed by atoms with van der Waals surface area (Å²) in [6.45, 7) is 2.18. The van der Waals surface area contributed by atoms with Gasteiger partial charge in [-0.3, -0.25) is 9.69 Å². The molecule has 0 N–H and O–H groups in total. The van der Waals surface area contributed by atoms with Gasteiger partial charge in [-0.2, -0.15) is 0 Å². The Kier molecular flexibility index (Phi) is 4.06. The van der Waals surface area contributed by atoms with Crippen molar-refractivity contribution >= 4 is 16.9 Å². The minimum Gasteiger partial charge on any atom is -0.292 e. The predicted octanol–water partition coefficient (Wildman–Crippen LogP) is 5.45. The molecule has 2 nitrogen and oxygen atoms in total. The van der Waals surface area contributed by atoms with Gasteiger partial charge in [0, 0.05) is 11.5 Å². The van der Waals surface area contributed by atoms with Gasteiger partial charge >= 0.3 is 0 Å². The lowest BCUT2D eigenvalue weighted by molar-refractivity contribution is -0.132. The molecule has 2 bridgehead atoms. The molecule has 3 aliphatic carbocycles. The molecule has 4 aliphatic rings. The van der Waals surface area contributed by atoms with Crippen LogP contribution in [0, 0.1) is 17.8 Å². The van der Waals surface area contributed by atoms with Crippen molar-refractivity contribution in [3.63, 3.8) is 0 Å². The topological polar surface area (TPSA) is 20.3 Å². The van der Waals surface area contributed by atoms with Crippen molar-refractivity contribution in [1.29, 1.82) is 0 Å². The van der Waals surface area contributed by atoms with Gasteiger partial charge in [-0.1, -0.05) is 67.1 Å². The monoisotopic (exact) mass is 383 g/mol. The standard InChI is InChI=1S/C27H29NO/c29-26-25(21-11-5-2-6-12-21)24(20-9-3-1-4-10-20)23-18-19-13-14-22(17-19)27(23,26)28-15-7-8-16-28/h1-6,9-12,19,22-23H,7-8,13-18H2/t19?,22?,23?,27-/m0/s1. The van der Waals surface area contributed by atoms with Gasteiger partial charge in [0.1, 0.15) is 0 Å². The van der Waals surface area contributed by atoms with Crippen molar-refractivity contribution in [2.24, 2.45) is 17.8 Å². The van der Waals surface area contributed by atoms with Crippen molar-refractivity contribution < 1.29 is 4.79 Å². The molecule has 6 rings (SSSR count). The van der Waals surface area contributed by atoms with Gasteiger partial charge in [-0.25, -0.2) is 0 Å². The Morgan fingerprint density at radius 2 is 1.45 bits per heavy atom. The van der Waals surface area contributed by atoms with E-state index in [2.05, 4.69) is 65.6 Å². The highest BCUT2D eigenvalue weighted by Gasteiger charge is 2.65. The summed E-state index contributed by atoms with van der Waals surface area (Å²) in [6.07, 6.45) is 7.45. The summed E-state index contributed by atoms with van der Waals surface area (Å²) in [6, 6.07) is 21.3. The van der Waals surface area contributed by atoms with Crippen molar-refractivity contribution in [2.45, 2.75) is 44.1 Å². The van der Waals surface area contributed by atoms with E-state index >= 15 is 0 Å². The third kappa shape index (κ3) is 2.42. The SMILES string of the molecule is O=C1C(c2ccccc2)=C(c2ccccc2)C2CC3CCC(C3)[C@@]12N1CCCC1. The van der Waals surface area contributed by atoms with E-state index in [1.54, 1.807) is 0 Å². The fraction of sp³-hybridized carbons (Fsp3) is 0.444. The zero-order valence-corrected chi connectivity index (χ0v) is 17.0. The molecule has 148 valence electrons. The summed E-state index contributed by atoms with van der Waals surface area (Å²) in [5.41, 5.74) is 4.43. The van der Waals surface area contributed by atoms with E-state index in [9.17, 15) is 4.79 Å². The van der Waals surface area contributed by atoms with Crippen LogP contribution in [-0.4, -0.2) is 29.3 Å². The summed E-state index contributed by atoms with van der Waals surface area (Å²) >= 11 is 0. The van der Waals surface area contributed by atoms with Crippen LogP contribution in [0.15, 0.2) is 60.7 Å². The van der Waals surface area contributed by atoms with Gasteiger partial charge in [0.2, 0.25) is 0 Å². The number of carbonyl (C=O) groups is 1. The van der Waals surface area contributed by atoms with E-state index in [1.165, 1.54) is 49.7 Å². The average Bonchev–Trinajstić information content (AvgIpc) is 3.49. The fourth-order valence-electron chi connectivity index (χ4n) is 7.23. The second-order valence-corrected chi connectivity index (χ2v) is 9.53. The maximum Gasteiger partial charge on any atom is 0.184 e. The van der Waals surface area contributed by atoms with Crippen molar-refractivity contribution in [3.8, 4) is 0 Å². The van der Waals surface area contributed by atoms with E-state index in [4.69, 9.17) is 0 Å². The number of fused-ring (bicyclic) bond motifs is 4. The minimum absolute atomic E-state index is 0.292. The van der Waals surface area contributed by atoms with E-state index in [0.717, 1.165) is 30.1 Å². The van der Waals surface area contributed by atoms with Crippen LogP contribution in [0.25, 0.3) is 11.1 Å². The Morgan fingerprint density at radius 1 is 0.793 bits per heavy atom. The van der Waals surface area contributed by atoms with E-state index in [-0.39, 0.29) is 5.54 Å². The molecule has 1 heterocycles. The average molecular weight is 384 g/mol. The number of hydrogen-bond donors (Lipinski definition) is 0.